The topological polar surface area (TPSA) is 48.5 Å². The number of pyridine rings is 1. The lowest BCUT2D eigenvalue weighted by Gasteiger charge is -2.34. The van der Waals surface area contributed by atoms with E-state index in [0.29, 0.717) is 23.8 Å². The van der Waals surface area contributed by atoms with E-state index in [4.69, 9.17) is 11.6 Å². The van der Waals surface area contributed by atoms with Gasteiger partial charge >= 0.3 is 6.03 Å². The van der Waals surface area contributed by atoms with E-state index in [1.807, 2.05) is 41.6 Å². The van der Waals surface area contributed by atoms with Gasteiger partial charge in [-0.25, -0.2) is 4.79 Å². The zero-order chi connectivity index (χ0) is 16.1. The first-order chi connectivity index (χ1) is 11.2. The molecular formula is C17H19ClN4O. The summed E-state index contributed by atoms with van der Waals surface area (Å²) in [5.41, 5.74) is 1.90. The molecule has 1 saturated heterocycles. The summed E-state index contributed by atoms with van der Waals surface area (Å²) in [5.74, 6) is 0. The van der Waals surface area contributed by atoms with Crippen LogP contribution in [-0.4, -0.2) is 47.0 Å². The highest BCUT2D eigenvalue weighted by molar-refractivity contribution is 6.33. The largest absolute Gasteiger partial charge is 0.322 e. The van der Waals surface area contributed by atoms with Crippen molar-refractivity contribution in [1.29, 1.82) is 0 Å². The minimum Gasteiger partial charge on any atom is -0.322 e. The number of nitrogens with one attached hydrogen (secondary N) is 1. The van der Waals surface area contributed by atoms with Crippen molar-refractivity contribution in [2.75, 3.05) is 31.5 Å². The van der Waals surface area contributed by atoms with Crippen LogP contribution in [0.2, 0.25) is 5.02 Å². The molecule has 1 aliphatic rings. The zero-order valence-electron chi connectivity index (χ0n) is 12.8. The van der Waals surface area contributed by atoms with Crippen LogP contribution < -0.4 is 5.32 Å². The van der Waals surface area contributed by atoms with E-state index in [2.05, 4.69) is 15.2 Å². The highest BCUT2D eigenvalue weighted by atomic mass is 35.5. The van der Waals surface area contributed by atoms with Crippen molar-refractivity contribution in [2.24, 2.45) is 0 Å². The number of anilines is 1. The summed E-state index contributed by atoms with van der Waals surface area (Å²) in [5, 5.41) is 3.43. The van der Waals surface area contributed by atoms with Crippen molar-refractivity contribution in [1.82, 2.24) is 14.8 Å². The summed E-state index contributed by atoms with van der Waals surface area (Å²) in [6.07, 6.45) is 3.62. The van der Waals surface area contributed by atoms with E-state index in [1.54, 1.807) is 12.1 Å². The fourth-order valence-corrected chi connectivity index (χ4v) is 2.80. The molecular weight excluding hydrogens is 312 g/mol. The van der Waals surface area contributed by atoms with Gasteiger partial charge in [0.15, 0.2) is 0 Å². The van der Waals surface area contributed by atoms with Gasteiger partial charge in [0.2, 0.25) is 0 Å². The number of benzene rings is 1. The van der Waals surface area contributed by atoms with Crippen molar-refractivity contribution in [3.05, 3.63) is 59.4 Å². The number of para-hydroxylation sites is 1. The maximum Gasteiger partial charge on any atom is 0.321 e. The number of amides is 2. The lowest BCUT2D eigenvalue weighted by molar-refractivity contribution is 0.143. The Morgan fingerprint density at radius 3 is 2.48 bits per heavy atom. The Morgan fingerprint density at radius 2 is 1.78 bits per heavy atom. The van der Waals surface area contributed by atoms with E-state index in [0.717, 1.165) is 19.6 Å². The lowest BCUT2D eigenvalue weighted by atomic mass is 10.2. The predicted molar refractivity (Wildman–Crippen MR) is 91.6 cm³/mol. The summed E-state index contributed by atoms with van der Waals surface area (Å²) in [6, 6.07) is 11.2. The third kappa shape index (κ3) is 4.21. The molecule has 2 amide bonds. The fourth-order valence-electron chi connectivity index (χ4n) is 2.61. The summed E-state index contributed by atoms with van der Waals surface area (Å²) in [6.45, 7) is 4.03. The number of carbonyl (C=O) groups excluding carboxylic acids is 1. The van der Waals surface area contributed by atoms with Crippen molar-refractivity contribution < 1.29 is 4.79 Å². The Labute approximate surface area is 140 Å². The minimum absolute atomic E-state index is 0.0957. The molecule has 1 aliphatic heterocycles. The molecule has 0 spiro atoms. The average Bonchev–Trinajstić information content (AvgIpc) is 2.58. The molecule has 23 heavy (non-hydrogen) atoms. The molecule has 0 atom stereocenters. The molecule has 0 radical (unpaired) electrons. The molecule has 0 saturated carbocycles. The van der Waals surface area contributed by atoms with Gasteiger partial charge in [-0.15, -0.1) is 0 Å². The first-order valence-corrected chi connectivity index (χ1v) is 8.02. The predicted octanol–water partition coefficient (Wildman–Crippen LogP) is 3.08. The Bertz CT molecular complexity index is 657. The van der Waals surface area contributed by atoms with Gasteiger partial charge in [0.25, 0.3) is 0 Å². The van der Waals surface area contributed by atoms with Crippen LogP contribution in [0.5, 0.6) is 0 Å². The Hall–Kier alpha value is -2.11. The number of rotatable bonds is 3. The second kappa shape index (κ2) is 7.44. The fraction of sp³-hybridized carbons (Fsp3) is 0.294. The average molecular weight is 331 g/mol. The van der Waals surface area contributed by atoms with Crippen molar-refractivity contribution >= 4 is 23.3 Å². The SMILES string of the molecule is O=C(Nc1ccccc1Cl)N1CCN(Cc2ccncc2)CC1. The molecule has 1 aromatic carbocycles. The molecule has 120 valence electrons. The molecule has 1 fully saturated rings. The minimum atomic E-state index is -0.0957. The molecule has 3 rings (SSSR count). The van der Waals surface area contributed by atoms with Gasteiger partial charge in [-0.2, -0.15) is 0 Å². The van der Waals surface area contributed by atoms with E-state index < -0.39 is 0 Å². The van der Waals surface area contributed by atoms with Crippen LogP contribution in [0.4, 0.5) is 10.5 Å². The van der Waals surface area contributed by atoms with Crippen LogP contribution in [0.25, 0.3) is 0 Å². The van der Waals surface area contributed by atoms with Crippen LogP contribution in [-0.2, 0) is 6.54 Å². The van der Waals surface area contributed by atoms with Gasteiger partial charge in [-0.1, -0.05) is 23.7 Å². The Morgan fingerprint density at radius 1 is 1.09 bits per heavy atom. The summed E-state index contributed by atoms with van der Waals surface area (Å²) in [4.78, 5) is 20.5. The summed E-state index contributed by atoms with van der Waals surface area (Å²) in [7, 11) is 0. The molecule has 1 aromatic heterocycles. The van der Waals surface area contributed by atoms with Crippen molar-refractivity contribution in [3.8, 4) is 0 Å². The standard InChI is InChI=1S/C17H19ClN4O/c18-15-3-1-2-4-16(15)20-17(23)22-11-9-21(10-12-22)13-14-5-7-19-8-6-14/h1-8H,9-13H2,(H,20,23). The lowest BCUT2D eigenvalue weighted by Crippen LogP contribution is -2.49. The van der Waals surface area contributed by atoms with E-state index in [9.17, 15) is 4.79 Å². The van der Waals surface area contributed by atoms with Gasteiger partial charge in [-0.3, -0.25) is 9.88 Å². The normalized spacial score (nSPS) is 15.4. The van der Waals surface area contributed by atoms with Gasteiger partial charge < -0.3 is 10.2 Å². The summed E-state index contributed by atoms with van der Waals surface area (Å²) < 4.78 is 0. The number of aromatic nitrogens is 1. The molecule has 5 nitrogen and oxygen atoms in total. The van der Waals surface area contributed by atoms with E-state index in [1.165, 1.54) is 5.56 Å². The van der Waals surface area contributed by atoms with Crippen molar-refractivity contribution in [2.45, 2.75) is 6.54 Å². The molecule has 0 bridgehead atoms. The second-order valence-electron chi connectivity index (χ2n) is 5.53. The van der Waals surface area contributed by atoms with Gasteiger partial charge in [-0.05, 0) is 29.8 Å². The monoisotopic (exact) mass is 330 g/mol. The van der Waals surface area contributed by atoms with Crippen LogP contribution in [0, 0.1) is 0 Å². The van der Waals surface area contributed by atoms with Crippen LogP contribution in [0.3, 0.4) is 0 Å². The second-order valence-corrected chi connectivity index (χ2v) is 5.94. The number of hydrogen-bond acceptors (Lipinski definition) is 3. The van der Waals surface area contributed by atoms with Crippen LogP contribution in [0.1, 0.15) is 5.56 Å². The summed E-state index contributed by atoms with van der Waals surface area (Å²) >= 11 is 6.07. The van der Waals surface area contributed by atoms with E-state index >= 15 is 0 Å². The highest BCUT2D eigenvalue weighted by Gasteiger charge is 2.21. The van der Waals surface area contributed by atoms with Crippen molar-refractivity contribution in [3.63, 3.8) is 0 Å². The number of urea groups is 1. The van der Waals surface area contributed by atoms with Crippen LogP contribution >= 0.6 is 11.6 Å². The van der Waals surface area contributed by atoms with E-state index in [-0.39, 0.29) is 6.03 Å². The van der Waals surface area contributed by atoms with Gasteiger partial charge in [0.05, 0.1) is 10.7 Å². The first kappa shape index (κ1) is 15.8. The Kier molecular flexibility index (Phi) is 5.10. The highest BCUT2D eigenvalue weighted by Crippen LogP contribution is 2.21. The quantitative estimate of drug-likeness (QED) is 0.940. The number of nitrogens with zero attached hydrogens (tertiary/aromatic N) is 3. The Balaban J connectivity index is 1.50. The number of hydrogen-bond donors (Lipinski definition) is 1. The molecule has 1 N–H and O–H groups in total. The maximum absolute atomic E-state index is 12.3. The first-order valence-electron chi connectivity index (χ1n) is 7.64. The van der Waals surface area contributed by atoms with Gasteiger partial charge in [0, 0.05) is 45.1 Å². The molecule has 0 aliphatic carbocycles. The number of carbonyl (C=O) groups is 1. The molecule has 0 unspecified atom stereocenters. The molecule has 2 heterocycles. The number of halogens is 1. The van der Waals surface area contributed by atoms with Gasteiger partial charge in [0.1, 0.15) is 0 Å². The zero-order valence-corrected chi connectivity index (χ0v) is 13.5. The van der Waals surface area contributed by atoms with Crippen LogP contribution in [0.15, 0.2) is 48.8 Å². The molecule has 6 heteroatoms. The maximum atomic E-state index is 12.3. The molecule has 2 aromatic rings. The third-order valence-electron chi connectivity index (χ3n) is 3.93. The number of piperazine rings is 1. The third-order valence-corrected chi connectivity index (χ3v) is 4.26. The smallest absolute Gasteiger partial charge is 0.321 e.